The number of H-pyrrole nitrogens is 2. The summed E-state index contributed by atoms with van der Waals surface area (Å²) in [6.07, 6.45) is 1.62. The third kappa shape index (κ3) is 4.33. The number of thioether (sulfide) groups is 1. The number of aromatic amines is 2. The van der Waals surface area contributed by atoms with Crippen LogP contribution < -0.4 is 10.7 Å². The molecule has 0 aliphatic carbocycles. The summed E-state index contributed by atoms with van der Waals surface area (Å²) in [7, 11) is 0. The van der Waals surface area contributed by atoms with Crippen LogP contribution in [0.25, 0.3) is 0 Å². The van der Waals surface area contributed by atoms with E-state index in [1.54, 1.807) is 0 Å². The lowest BCUT2D eigenvalue weighted by Crippen LogP contribution is -2.21. The van der Waals surface area contributed by atoms with Crippen LogP contribution >= 0.6 is 11.8 Å². The van der Waals surface area contributed by atoms with E-state index in [1.165, 1.54) is 23.5 Å². The molecule has 1 heterocycles. The molecule has 98 valence electrons. The van der Waals surface area contributed by atoms with Crippen LogP contribution in [-0.4, -0.2) is 21.6 Å². The van der Waals surface area contributed by atoms with Crippen molar-refractivity contribution >= 4 is 17.5 Å². The van der Waals surface area contributed by atoms with E-state index in [4.69, 9.17) is 0 Å². The third-order valence-electron chi connectivity index (χ3n) is 2.48. The Morgan fingerprint density at radius 2 is 2.11 bits per heavy atom. The number of Topliss-reactive ketones (excluding diaryl/α,β-unsaturated/α-hetero) is 1. The zero-order chi connectivity index (χ0) is 13.7. The summed E-state index contributed by atoms with van der Waals surface area (Å²) in [4.78, 5) is 25.4. The minimum absolute atomic E-state index is 0.0976. The van der Waals surface area contributed by atoms with Gasteiger partial charge in [-0.15, -0.1) is 0 Å². The number of aryl methyl sites for hydroxylation is 1. The molecule has 0 saturated carbocycles. The largest absolute Gasteiger partial charge is 0.316 e. The second kappa shape index (κ2) is 6.29. The summed E-state index contributed by atoms with van der Waals surface area (Å²) >= 11 is 1.22. The van der Waals surface area contributed by atoms with E-state index < -0.39 is 0 Å². The molecular weight excluding hydrogens is 262 g/mol. The molecule has 0 saturated heterocycles. The molecule has 0 aliphatic rings. The fourth-order valence-corrected chi connectivity index (χ4v) is 2.21. The van der Waals surface area contributed by atoms with Crippen LogP contribution in [0.3, 0.4) is 0 Å². The average molecular weight is 276 g/mol. The van der Waals surface area contributed by atoms with E-state index in [0.717, 1.165) is 5.56 Å². The molecule has 0 amide bonds. The maximum absolute atomic E-state index is 11.8. The Hall–Kier alpha value is -1.95. The van der Waals surface area contributed by atoms with Gasteiger partial charge in [0.15, 0.2) is 0 Å². The maximum atomic E-state index is 11.8. The Labute approximate surface area is 114 Å². The molecule has 0 radical (unpaired) electrons. The van der Waals surface area contributed by atoms with Gasteiger partial charge in [-0.2, -0.15) is 0 Å². The molecule has 0 spiro atoms. The highest BCUT2D eigenvalue weighted by Crippen LogP contribution is 2.11. The van der Waals surface area contributed by atoms with Gasteiger partial charge in [0.05, 0.1) is 5.75 Å². The zero-order valence-corrected chi connectivity index (χ0v) is 11.3. The number of nitrogens with zero attached hydrogens (tertiary/aromatic N) is 1. The topological polar surface area (TPSA) is 77.0 Å². The zero-order valence-electron chi connectivity index (χ0n) is 10.5. The van der Waals surface area contributed by atoms with E-state index in [1.807, 2.05) is 31.2 Å². The molecule has 2 N–H and O–H groups in total. The first-order valence-electron chi connectivity index (χ1n) is 5.81. The lowest BCUT2D eigenvalue weighted by molar-refractivity contribution is -0.463. The van der Waals surface area contributed by atoms with E-state index >= 15 is 0 Å². The van der Waals surface area contributed by atoms with Gasteiger partial charge in [-0.05, 0) is 12.5 Å². The molecule has 19 heavy (non-hydrogen) atoms. The van der Waals surface area contributed by atoms with Crippen molar-refractivity contribution in [1.29, 1.82) is 0 Å². The number of benzene rings is 1. The quantitative estimate of drug-likeness (QED) is 0.819. The summed E-state index contributed by atoms with van der Waals surface area (Å²) in [6.45, 7) is 2.01. The Kier molecular flexibility index (Phi) is 4.46. The van der Waals surface area contributed by atoms with Crippen LogP contribution in [-0.2, 0) is 11.2 Å². The van der Waals surface area contributed by atoms with Gasteiger partial charge in [0.1, 0.15) is 5.78 Å². The summed E-state index contributed by atoms with van der Waals surface area (Å²) < 4.78 is 0. The predicted molar refractivity (Wildman–Crippen MR) is 72.0 cm³/mol. The highest BCUT2D eigenvalue weighted by Gasteiger charge is 2.07. The summed E-state index contributed by atoms with van der Waals surface area (Å²) in [5.41, 5.74) is 1.91. The Morgan fingerprint density at radius 3 is 2.79 bits per heavy atom. The summed E-state index contributed by atoms with van der Waals surface area (Å²) in [5, 5.41) is 6.76. The van der Waals surface area contributed by atoms with Crippen molar-refractivity contribution in [1.82, 2.24) is 10.1 Å². The molecule has 2 rings (SSSR count). The van der Waals surface area contributed by atoms with E-state index in [2.05, 4.69) is 15.2 Å². The fraction of sp³-hybridized carbons (Fsp3) is 0.231. The second-order valence-electron chi connectivity index (χ2n) is 4.17. The number of rotatable bonds is 5. The van der Waals surface area contributed by atoms with Crippen molar-refractivity contribution in [3.05, 3.63) is 51.9 Å². The molecule has 0 fully saturated rings. The molecule has 6 heteroatoms. The number of hydrogen-bond acceptors (Lipinski definition) is 4. The van der Waals surface area contributed by atoms with Crippen molar-refractivity contribution in [2.45, 2.75) is 18.5 Å². The Bertz CT molecular complexity index is 622. The van der Waals surface area contributed by atoms with Crippen LogP contribution in [0.1, 0.15) is 11.1 Å². The first kappa shape index (κ1) is 13.5. The molecule has 0 atom stereocenters. The van der Waals surface area contributed by atoms with Crippen molar-refractivity contribution < 1.29 is 9.89 Å². The van der Waals surface area contributed by atoms with Gasteiger partial charge in [-0.25, -0.2) is 0 Å². The average Bonchev–Trinajstić information content (AvgIpc) is 2.39. The van der Waals surface area contributed by atoms with Gasteiger partial charge in [0, 0.05) is 11.5 Å². The van der Waals surface area contributed by atoms with E-state index in [9.17, 15) is 9.59 Å². The van der Waals surface area contributed by atoms with Gasteiger partial charge in [-0.1, -0.05) is 46.7 Å². The number of carbonyl (C=O) groups excluding carboxylic acids is 1. The first-order valence-corrected chi connectivity index (χ1v) is 6.79. The monoisotopic (exact) mass is 276 g/mol. The Morgan fingerprint density at radius 1 is 1.37 bits per heavy atom. The van der Waals surface area contributed by atoms with Crippen LogP contribution in [0.4, 0.5) is 0 Å². The minimum atomic E-state index is -0.261. The molecule has 0 unspecified atom stereocenters. The minimum Gasteiger partial charge on any atom is -0.298 e. The van der Waals surface area contributed by atoms with Crippen LogP contribution in [0.15, 0.2) is 40.4 Å². The predicted octanol–water partition coefficient (Wildman–Crippen LogP) is 0.796. The van der Waals surface area contributed by atoms with Crippen molar-refractivity contribution in [3.63, 3.8) is 0 Å². The number of nitrogens with one attached hydrogen (secondary N) is 2. The van der Waals surface area contributed by atoms with E-state index in [0.29, 0.717) is 11.6 Å². The Balaban J connectivity index is 1.88. The second-order valence-corrected chi connectivity index (χ2v) is 5.13. The lowest BCUT2D eigenvalue weighted by Gasteiger charge is -2.01. The van der Waals surface area contributed by atoms with Gasteiger partial charge >= 0.3 is 5.56 Å². The third-order valence-corrected chi connectivity index (χ3v) is 3.42. The smallest absolute Gasteiger partial charge is 0.298 e. The van der Waals surface area contributed by atoms with Crippen LogP contribution in [0.2, 0.25) is 0 Å². The highest BCUT2D eigenvalue weighted by atomic mass is 32.2. The molecular formula is C13H14N3O2S+. The fourth-order valence-electron chi connectivity index (χ4n) is 1.52. The molecule has 1 aromatic carbocycles. The van der Waals surface area contributed by atoms with E-state index in [-0.39, 0.29) is 17.1 Å². The molecule has 1 aromatic heterocycles. The molecule has 0 aliphatic heterocycles. The molecule has 0 bridgehead atoms. The number of aromatic nitrogens is 3. The van der Waals surface area contributed by atoms with Gasteiger partial charge in [0.25, 0.3) is 6.20 Å². The highest BCUT2D eigenvalue weighted by molar-refractivity contribution is 7.99. The van der Waals surface area contributed by atoms with Gasteiger partial charge in [0.2, 0.25) is 5.16 Å². The lowest BCUT2D eigenvalue weighted by atomic mass is 10.1. The van der Waals surface area contributed by atoms with Gasteiger partial charge in [-0.3, -0.25) is 14.6 Å². The SMILES string of the molecule is Cc1ccc(CC(=O)CSc2n[nH+]cc(=O)[nH]2)cc1. The van der Waals surface area contributed by atoms with Crippen LogP contribution in [0.5, 0.6) is 0 Å². The first-order chi connectivity index (χ1) is 9.13. The number of carbonyl (C=O) groups is 1. The van der Waals surface area contributed by atoms with Crippen molar-refractivity contribution in [2.75, 3.05) is 5.75 Å². The molecule has 2 aromatic rings. The molecule has 5 nitrogen and oxygen atoms in total. The van der Waals surface area contributed by atoms with Crippen molar-refractivity contribution in [2.24, 2.45) is 0 Å². The number of ketones is 1. The summed E-state index contributed by atoms with van der Waals surface area (Å²) in [5.74, 6) is 0.384. The van der Waals surface area contributed by atoms with Crippen LogP contribution in [0, 0.1) is 6.92 Å². The standard InChI is InChI=1S/C13H13N3O2S/c1-9-2-4-10(5-3-9)6-11(17)8-19-13-15-12(18)7-14-16-13/h2-5,7H,6,8H2,1H3,(H,15,16,18)/p+1. The van der Waals surface area contributed by atoms with Gasteiger partial charge < -0.3 is 0 Å². The van der Waals surface area contributed by atoms with Crippen molar-refractivity contribution in [3.8, 4) is 0 Å². The summed E-state index contributed by atoms with van der Waals surface area (Å²) in [6, 6.07) is 7.88. The normalized spacial score (nSPS) is 10.4. The number of hydrogen-bond donors (Lipinski definition) is 1. The maximum Gasteiger partial charge on any atom is 0.316 e.